The molecule has 6 nitrogen and oxygen atoms in total. The standard InChI is InChI=1S/C18H18N2O4S/c1-13(21)19-16-8-3-14(4-9-16)5-12-18(22)15-6-10-17(11-7-15)20-25(2,23)24/h3-12,20H,1-2H3,(H,19,21)/b12-5+. The van der Waals surface area contributed by atoms with Crippen molar-refractivity contribution in [1.82, 2.24) is 0 Å². The first kappa shape index (κ1) is 18.4. The van der Waals surface area contributed by atoms with Gasteiger partial charge in [0.05, 0.1) is 6.26 Å². The van der Waals surface area contributed by atoms with Gasteiger partial charge in [-0.25, -0.2) is 8.42 Å². The first-order valence-corrected chi connectivity index (χ1v) is 9.30. The maximum atomic E-state index is 12.1. The van der Waals surface area contributed by atoms with Gasteiger partial charge in [-0.3, -0.25) is 14.3 Å². The van der Waals surface area contributed by atoms with Crippen LogP contribution in [0.25, 0.3) is 6.08 Å². The van der Waals surface area contributed by atoms with Crippen LogP contribution in [0.4, 0.5) is 11.4 Å². The molecule has 2 aromatic carbocycles. The first-order chi connectivity index (χ1) is 11.7. The lowest BCUT2D eigenvalue weighted by molar-refractivity contribution is -0.114. The highest BCUT2D eigenvalue weighted by Gasteiger charge is 2.05. The van der Waals surface area contributed by atoms with E-state index in [1.165, 1.54) is 25.1 Å². The second-order valence-electron chi connectivity index (χ2n) is 5.45. The molecule has 0 aromatic heterocycles. The average molecular weight is 358 g/mol. The molecule has 130 valence electrons. The lowest BCUT2D eigenvalue weighted by Crippen LogP contribution is -2.09. The van der Waals surface area contributed by atoms with E-state index in [2.05, 4.69) is 10.0 Å². The molecule has 0 aliphatic rings. The highest BCUT2D eigenvalue weighted by Crippen LogP contribution is 2.14. The van der Waals surface area contributed by atoms with Gasteiger partial charge in [0.25, 0.3) is 0 Å². The molecule has 1 amide bonds. The Morgan fingerprint density at radius 1 is 0.920 bits per heavy atom. The molecule has 0 aliphatic heterocycles. The van der Waals surface area contributed by atoms with Crippen LogP contribution >= 0.6 is 0 Å². The Labute approximate surface area is 146 Å². The summed E-state index contributed by atoms with van der Waals surface area (Å²) < 4.78 is 24.6. The monoisotopic (exact) mass is 358 g/mol. The molecule has 0 saturated heterocycles. The molecule has 2 rings (SSSR count). The summed E-state index contributed by atoms with van der Waals surface area (Å²) in [7, 11) is -3.34. The zero-order chi connectivity index (χ0) is 18.4. The van der Waals surface area contributed by atoms with Gasteiger partial charge in [-0.2, -0.15) is 0 Å². The van der Waals surface area contributed by atoms with Gasteiger partial charge in [-0.05, 0) is 48.0 Å². The van der Waals surface area contributed by atoms with E-state index in [1.807, 2.05) is 0 Å². The summed E-state index contributed by atoms with van der Waals surface area (Å²) in [6.45, 7) is 1.43. The SMILES string of the molecule is CC(=O)Nc1ccc(/C=C/C(=O)c2ccc(NS(C)(=O)=O)cc2)cc1. The zero-order valence-electron chi connectivity index (χ0n) is 13.8. The van der Waals surface area contributed by atoms with Gasteiger partial charge >= 0.3 is 0 Å². The minimum atomic E-state index is -3.34. The summed E-state index contributed by atoms with van der Waals surface area (Å²) in [4.78, 5) is 23.1. The molecular weight excluding hydrogens is 340 g/mol. The van der Waals surface area contributed by atoms with Crippen LogP contribution in [-0.4, -0.2) is 26.4 Å². The van der Waals surface area contributed by atoms with Crippen LogP contribution in [0.1, 0.15) is 22.8 Å². The van der Waals surface area contributed by atoms with E-state index in [0.717, 1.165) is 11.8 Å². The molecular formula is C18H18N2O4S. The topological polar surface area (TPSA) is 92.3 Å². The molecule has 0 atom stereocenters. The minimum Gasteiger partial charge on any atom is -0.326 e. The summed E-state index contributed by atoms with van der Waals surface area (Å²) in [6.07, 6.45) is 4.17. The maximum Gasteiger partial charge on any atom is 0.229 e. The first-order valence-electron chi connectivity index (χ1n) is 7.41. The maximum absolute atomic E-state index is 12.1. The van der Waals surface area contributed by atoms with Crippen LogP contribution in [0.5, 0.6) is 0 Å². The van der Waals surface area contributed by atoms with Gasteiger partial charge in [0.1, 0.15) is 0 Å². The fourth-order valence-electron chi connectivity index (χ4n) is 2.07. The fourth-order valence-corrected chi connectivity index (χ4v) is 2.63. The molecule has 0 radical (unpaired) electrons. The third-order valence-corrected chi connectivity index (χ3v) is 3.74. The Hall–Kier alpha value is -2.93. The summed E-state index contributed by atoms with van der Waals surface area (Å²) >= 11 is 0. The van der Waals surface area contributed by atoms with Gasteiger partial charge in [0, 0.05) is 23.9 Å². The molecule has 2 N–H and O–H groups in total. The summed E-state index contributed by atoms with van der Waals surface area (Å²) in [5.74, 6) is -0.343. The van der Waals surface area contributed by atoms with Gasteiger partial charge in [-0.15, -0.1) is 0 Å². The lowest BCUT2D eigenvalue weighted by atomic mass is 10.1. The number of benzene rings is 2. The van der Waals surface area contributed by atoms with Crippen molar-refractivity contribution in [3.8, 4) is 0 Å². The second kappa shape index (κ2) is 7.76. The number of sulfonamides is 1. The number of amides is 1. The molecule has 0 saturated carbocycles. The third-order valence-electron chi connectivity index (χ3n) is 3.13. The van der Waals surface area contributed by atoms with Crippen LogP contribution in [-0.2, 0) is 14.8 Å². The van der Waals surface area contributed by atoms with E-state index >= 15 is 0 Å². The Bertz CT molecular complexity index is 899. The zero-order valence-corrected chi connectivity index (χ0v) is 14.6. The Morgan fingerprint density at radius 2 is 1.48 bits per heavy atom. The molecule has 7 heteroatoms. The Balaban J connectivity index is 2.03. The number of rotatable bonds is 6. The van der Waals surface area contributed by atoms with Crippen molar-refractivity contribution in [3.05, 3.63) is 65.7 Å². The normalized spacial score (nSPS) is 11.3. The Morgan fingerprint density at radius 3 is 2.00 bits per heavy atom. The number of hydrogen-bond donors (Lipinski definition) is 2. The number of nitrogens with one attached hydrogen (secondary N) is 2. The highest BCUT2D eigenvalue weighted by atomic mass is 32.2. The molecule has 25 heavy (non-hydrogen) atoms. The summed E-state index contributed by atoms with van der Waals surface area (Å²) in [6, 6.07) is 13.2. The molecule has 0 unspecified atom stereocenters. The van der Waals surface area contributed by atoms with Gasteiger partial charge < -0.3 is 5.32 Å². The van der Waals surface area contributed by atoms with E-state index in [0.29, 0.717) is 16.9 Å². The highest BCUT2D eigenvalue weighted by molar-refractivity contribution is 7.92. The van der Waals surface area contributed by atoms with Crippen LogP contribution in [0.2, 0.25) is 0 Å². The molecule has 0 spiro atoms. The molecule has 0 fully saturated rings. The van der Waals surface area contributed by atoms with Gasteiger partial charge in [-0.1, -0.05) is 18.2 Å². The van der Waals surface area contributed by atoms with Gasteiger partial charge in [0.15, 0.2) is 5.78 Å². The van der Waals surface area contributed by atoms with Crippen molar-refractivity contribution in [2.75, 3.05) is 16.3 Å². The van der Waals surface area contributed by atoms with Gasteiger partial charge in [0.2, 0.25) is 15.9 Å². The van der Waals surface area contributed by atoms with E-state index in [1.54, 1.807) is 42.5 Å². The summed E-state index contributed by atoms with van der Waals surface area (Å²) in [5.41, 5.74) is 2.35. The fraction of sp³-hybridized carbons (Fsp3) is 0.111. The quantitative estimate of drug-likeness (QED) is 0.613. The lowest BCUT2D eigenvalue weighted by Gasteiger charge is -2.04. The van der Waals surface area contributed by atoms with Crippen molar-refractivity contribution in [3.63, 3.8) is 0 Å². The molecule has 2 aromatic rings. The average Bonchev–Trinajstić information content (AvgIpc) is 2.52. The Kier molecular flexibility index (Phi) is 5.71. The molecule has 0 bridgehead atoms. The van der Waals surface area contributed by atoms with Crippen molar-refractivity contribution in [2.45, 2.75) is 6.92 Å². The van der Waals surface area contributed by atoms with Crippen LogP contribution in [0.15, 0.2) is 54.6 Å². The van der Waals surface area contributed by atoms with Crippen molar-refractivity contribution < 1.29 is 18.0 Å². The summed E-state index contributed by atoms with van der Waals surface area (Å²) in [5, 5.41) is 2.67. The number of hydrogen-bond acceptors (Lipinski definition) is 4. The van der Waals surface area contributed by atoms with E-state index in [9.17, 15) is 18.0 Å². The van der Waals surface area contributed by atoms with Crippen molar-refractivity contribution >= 4 is 39.2 Å². The van der Waals surface area contributed by atoms with E-state index < -0.39 is 10.0 Å². The molecule has 0 heterocycles. The number of carbonyl (C=O) groups is 2. The predicted molar refractivity (Wildman–Crippen MR) is 99.0 cm³/mol. The van der Waals surface area contributed by atoms with Crippen LogP contribution < -0.4 is 10.0 Å². The smallest absolute Gasteiger partial charge is 0.229 e. The van der Waals surface area contributed by atoms with E-state index in [4.69, 9.17) is 0 Å². The number of carbonyl (C=O) groups excluding carboxylic acids is 2. The van der Waals surface area contributed by atoms with Crippen molar-refractivity contribution in [2.24, 2.45) is 0 Å². The van der Waals surface area contributed by atoms with Crippen LogP contribution in [0.3, 0.4) is 0 Å². The number of allylic oxidation sites excluding steroid dienone is 1. The minimum absolute atomic E-state index is 0.146. The van der Waals surface area contributed by atoms with Crippen LogP contribution in [0, 0.1) is 0 Å². The predicted octanol–water partition coefficient (Wildman–Crippen LogP) is 2.91. The van der Waals surface area contributed by atoms with E-state index in [-0.39, 0.29) is 11.7 Å². The number of anilines is 2. The largest absolute Gasteiger partial charge is 0.326 e. The molecule has 0 aliphatic carbocycles. The second-order valence-corrected chi connectivity index (χ2v) is 7.20. The number of ketones is 1. The van der Waals surface area contributed by atoms with Crippen molar-refractivity contribution in [1.29, 1.82) is 0 Å². The third kappa shape index (κ3) is 6.23.